The van der Waals surface area contributed by atoms with Crippen molar-refractivity contribution in [1.29, 1.82) is 0 Å². The Kier molecular flexibility index (Phi) is 7.07. The predicted octanol–water partition coefficient (Wildman–Crippen LogP) is 4.86. The van der Waals surface area contributed by atoms with Crippen molar-refractivity contribution in [2.75, 3.05) is 23.9 Å². The molecule has 0 atom stereocenters. The molecule has 8 heteroatoms. The van der Waals surface area contributed by atoms with E-state index in [2.05, 4.69) is 28.0 Å². The van der Waals surface area contributed by atoms with Gasteiger partial charge in [-0.25, -0.2) is 0 Å². The third-order valence-corrected chi connectivity index (χ3v) is 10.5. The van der Waals surface area contributed by atoms with Crippen LogP contribution in [0.5, 0.6) is 0 Å². The predicted molar refractivity (Wildman–Crippen MR) is 147 cm³/mol. The smallest absolute Gasteiger partial charge is 0.255 e. The van der Waals surface area contributed by atoms with E-state index in [1.807, 2.05) is 24.8 Å². The van der Waals surface area contributed by atoms with Crippen molar-refractivity contribution < 1.29 is 4.79 Å². The fraction of sp³-hybridized carbons (Fsp3) is 0.630. The van der Waals surface area contributed by atoms with Crippen LogP contribution in [0.1, 0.15) is 76.6 Å². The largest absolute Gasteiger partial charge is 0.334 e. The van der Waals surface area contributed by atoms with Gasteiger partial charge in [0.25, 0.3) is 11.5 Å². The quantitative estimate of drug-likeness (QED) is 0.541. The monoisotopic (exact) mass is 514 g/mol. The summed E-state index contributed by atoms with van der Waals surface area (Å²) in [7, 11) is 0. The number of fused-ring (bicyclic) bond motifs is 1. The molecule has 4 heterocycles. The number of H-pyrrole nitrogens is 1. The number of pyridine rings is 1. The van der Waals surface area contributed by atoms with Gasteiger partial charge in [0.1, 0.15) is 5.00 Å². The second kappa shape index (κ2) is 9.94. The highest BCUT2D eigenvalue weighted by molar-refractivity contribution is 7.82. The number of aryl methyl sites for hydroxylation is 2. The molecule has 2 aromatic heterocycles. The molecule has 2 aromatic rings. The molecule has 1 N–H and O–H groups in total. The van der Waals surface area contributed by atoms with Gasteiger partial charge in [-0.2, -0.15) is 0 Å². The Labute approximate surface area is 218 Å². The summed E-state index contributed by atoms with van der Waals surface area (Å²) >= 11 is 6.70. The van der Waals surface area contributed by atoms with Gasteiger partial charge in [-0.1, -0.05) is 26.2 Å². The Morgan fingerprint density at radius 1 is 1.14 bits per heavy atom. The standard InChI is InChI=1S/C27H38N4O2S2/c1-5-19-13-30(14-19)20-6-8-21(9-7-20)31(34)27-18(4)24-23(35-27)10-11-29(26(24)33)15-22-16(2)12-17(3)28-25(22)32/h12,19-21,34H,5-11,13-15H2,1-4H3,(H,28,32). The molecule has 190 valence electrons. The van der Waals surface area contributed by atoms with E-state index in [0.717, 1.165) is 63.5 Å². The minimum atomic E-state index is -0.0931. The number of thiophene rings is 1. The molecule has 0 unspecified atom stereocenters. The molecule has 1 aliphatic carbocycles. The molecule has 2 fully saturated rings. The van der Waals surface area contributed by atoms with E-state index >= 15 is 0 Å². The van der Waals surface area contributed by atoms with Crippen LogP contribution >= 0.6 is 24.2 Å². The zero-order valence-electron chi connectivity index (χ0n) is 21.4. The number of hydrogen-bond donors (Lipinski definition) is 2. The number of aromatic amines is 1. The Bertz CT molecular complexity index is 1160. The van der Waals surface area contributed by atoms with Gasteiger partial charge in [-0.15, -0.1) is 11.3 Å². The Balaban J connectivity index is 1.27. The highest BCUT2D eigenvalue weighted by atomic mass is 32.1. The minimum absolute atomic E-state index is 0.0410. The molecule has 0 bridgehead atoms. The average molecular weight is 515 g/mol. The summed E-state index contributed by atoms with van der Waals surface area (Å²) in [6, 6.07) is 3.12. The molecule has 35 heavy (non-hydrogen) atoms. The van der Waals surface area contributed by atoms with Crippen molar-refractivity contribution in [3.8, 4) is 0 Å². The number of hydrogen-bond acceptors (Lipinski definition) is 6. The van der Waals surface area contributed by atoms with Crippen LogP contribution in [0, 0.1) is 26.7 Å². The molecular formula is C27H38N4O2S2. The van der Waals surface area contributed by atoms with Crippen LogP contribution in [-0.2, 0) is 13.0 Å². The van der Waals surface area contributed by atoms with Crippen LogP contribution in [0.3, 0.4) is 0 Å². The lowest BCUT2D eigenvalue weighted by Crippen LogP contribution is -2.53. The Morgan fingerprint density at radius 3 is 2.51 bits per heavy atom. The van der Waals surface area contributed by atoms with Crippen LogP contribution < -0.4 is 9.86 Å². The van der Waals surface area contributed by atoms with E-state index < -0.39 is 0 Å². The van der Waals surface area contributed by atoms with Gasteiger partial charge >= 0.3 is 0 Å². The Hall–Kier alpha value is -1.77. The zero-order chi connectivity index (χ0) is 24.9. The second-order valence-corrected chi connectivity index (χ2v) is 12.3. The van der Waals surface area contributed by atoms with Crippen molar-refractivity contribution in [1.82, 2.24) is 14.8 Å². The van der Waals surface area contributed by atoms with Gasteiger partial charge in [-0.3, -0.25) is 14.5 Å². The van der Waals surface area contributed by atoms with E-state index in [1.54, 1.807) is 11.3 Å². The lowest BCUT2D eigenvalue weighted by atomic mass is 9.86. The number of anilines is 1. The molecule has 0 spiro atoms. The SMILES string of the molecule is CCC1CN(C2CCC(N(S)c3sc4c(c3C)C(=O)N(Cc3c(C)cc(C)[nH]c3=O)CC4)CC2)C1. The van der Waals surface area contributed by atoms with Gasteiger partial charge in [-0.05, 0) is 69.6 Å². The normalized spacial score (nSPS) is 23.3. The summed E-state index contributed by atoms with van der Waals surface area (Å²) in [6.45, 7) is 11.7. The maximum Gasteiger partial charge on any atom is 0.255 e. The molecule has 2 aliphatic heterocycles. The molecule has 1 saturated heterocycles. The number of aromatic nitrogens is 1. The molecular weight excluding hydrogens is 476 g/mol. The summed E-state index contributed by atoms with van der Waals surface area (Å²) in [5, 5.41) is 1.12. The molecule has 1 saturated carbocycles. The van der Waals surface area contributed by atoms with E-state index in [1.165, 1.54) is 32.4 Å². The van der Waals surface area contributed by atoms with E-state index in [-0.39, 0.29) is 11.5 Å². The van der Waals surface area contributed by atoms with Crippen molar-refractivity contribution in [2.24, 2.45) is 5.92 Å². The van der Waals surface area contributed by atoms with Crippen molar-refractivity contribution in [3.63, 3.8) is 0 Å². The average Bonchev–Trinajstić information content (AvgIpc) is 3.14. The summed E-state index contributed by atoms with van der Waals surface area (Å²) in [5.41, 5.74) is 4.24. The van der Waals surface area contributed by atoms with Gasteiger partial charge in [0.2, 0.25) is 0 Å². The summed E-state index contributed by atoms with van der Waals surface area (Å²) in [5.74, 6) is 0.943. The second-order valence-electron chi connectivity index (χ2n) is 10.8. The number of thiol groups is 1. The fourth-order valence-corrected chi connectivity index (χ4v) is 7.92. The number of nitrogens with one attached hydrogen (secondary N) is 1. The van der Waals surface area contributed by atoms with E-state index in [4.69, 9.17) is 12.8 Å². The first kappa shape index (κ1) is 24.9. The molecule has 0 radical (unpaired) electrons. The van der Waals surface area contributed by atoms with Crippen LogP contribution in [0.25, 0.3) is 0 Å². The van der Waals surface area contributed by atoms with E-state index in [0.29, 0.717) is 24.7 Å². The first-order valence-corrected chi connectivity index (χ1v) is 14.3. The lowest BCUT2D eigenvalue weighted by Gasteiger charge is -2.47. The molecule has 1 amide bonds. The number of amides is 1. The third-order valence-electron chi connectivity index (χ3n) is 8.45. The molecule has 6 nitrogen and oxygen atoms in total. The highest BCUT2D eigenvalue weighted by Crippen LogP contribution is 2.42. The Morgan fingerprint density at radius 2 is 1.86 bits per heavy atom. The summed E-state index contributed by atoms with van der Waals surface area (Å²) in [6.07, 6.45) is 6.91. The van der Waals surface area contributed by atoms with Crippen LogP contribution in [-0.4, -0.2) is 52.4 Å². The first-order valence-electron chi connectivity index (χ1n) is 13.1. The van der Waals surface area contributed by atoms with Crippen molar-refractivity contribution in [3.05, 3.63) is 49.2 Å². The molecule has 5 rings (SSSR count). The van der Waals surface area contributed by atoms with Gasteiger partial charge in [0, 0.05) is 54.3 Å². The summed E-state index contributed by atoms with van der Waals surface area (Å²) < 4.78 is 2.16. The maximum atomic E-state index is 13.5. The summed E-state index contributed by atoms with van der Waals surface area (Å²) in [4.78, 5) is 34.6. The van der Waals surface area contributed by atoms with Crippen molar-refractivity contribution in [2.45, 2.75) is 84.8 Å². The highest BCUT2D eigenvalue weighted by Gasteiger charge is 2.36. The number of carbonyl (C=O) groups excluding carboxylic acids is 1. The zero-order valence-corrected chi connectivity index (χ0v) is 23.1. The lowest BCUT2D eigenvalue weighted by molar-refractivity contribution is 0.0318. The number of likely N-dealkylation sites (tertiary alicyclic amines) is 1. The van der Waals surface area contributed by atoms with Crippen molar-refractivity contribution >= 4 is 35.1 Å². The maximum absolute atomic E-state index is 13.5. The first-order chi connectivity index (χ1) is 16.8. The van der Waals surface area contributed by atoms with Crippen LogP contribution in [0.15, 0.2) is 10.9 Å². The minimum Gasteiger partial charge on any atom is -0.334 e. The van der Waals surface area contributed by atoms with Gasteiger partial charge in [0.05, 0.1) is 12.1 Å². The fourth-order valence-electron chi connectivity index (χ4n) is 6.15. The van der Waals surface area contributed by atoms with E-state index in [9.17, 15) is 9.59 Å². The molecule has 3 aliphatic rings. The van der Waals surface area contributed by atoms with Gasteiger partial charge in [0.15, 0.2) is 0 Å². The third kappa shape index (κ3) is 4.69. The van der Waals surface area contributed by atoms with Crippen LogP contribution in [0.4, 0.5) is 5.00 Å². The number of nitrogens with zero attached hydrogens (tertiary/aromatic N) is 3. The number of rotatable bonds is 6. The number of carbonyl (C=O) groups is 1. The topological polar surface area (TPSA) is 59.6 Å². The van der Waals surface area contributed by atoms with Crippen LogP contribution in [0.2, 0.25) is 0 Å². The molecule has 0 aromatic carbocycles. The van der Waals surface area contributed by atoms with Gasteiger partial charge < -0.3 is 14.2 Å².